The summed E-state index contributed by atoms with van der Waals surface area (Å²) in [6.45, 7) is 4.98. The Kier molecular flexibility index (Phi) is 4.80. The van der Waals surface area contributed by atoms with Crippen LogP contribution in [0.25, 0.3) is 0 Å². The van der Waals surface area contributed by atoms with Gasteiger partial charge in [-0.2, -0.15) is 0 Å². The minimum absolute atomic E-state index is 0.159. The smallest absolute Gasteiger partial charge is 0.253 e. The van der Waals surface area contributed by atoms with Crippen molar-refractivity contribution in [3.63, 3.8) is 0 Å². The lowest BCUT2D eigenvalue weighted by atomic mass is 10.1. The van der Waals surface area contributed by atoms with Crippen LogP contribution in [-0.2, 0) is 16.6 Å². The van der Waals surface area contributed by atoms with Gasteiger partial charge < -0.3 is 5.11 Å². The summed E-state index contributed by atoms with van der Waals surface area (Å²) in [5.41, 5.74) is 2.22. The maximum absolute atomic E-state index is 12.5. The summed E-state index contributed by atoms with van der Waals surface area (Å²) < 4.78 is 25.0. The molecule has 1 aliphatic heterocycles. The zero-order chi connectivity index (χ0) is 14.8. The summed E-state index contributed by atoms with van der Waals surface area (Å²) in [5.74, 6) is 0. The van der Waals surface area contributed by atoms with Crippen molar-refractivity contribution in [2.75, 3.05) is 13.1 Å². The molecule has 0 saturated carbocycles. The average molecular weight is 298 g/mol. The van der Waals surface area contributed by atoms with Crippen LogP contribution in [-0.4, -0.2) is 31.6 Å². The standard InChI is InChI=1S/C14H22N2O3S/c1-11-8-13(10-17)9-14(12(11)2)20(18,19)15-16-6-4-3-5-7-16/h8-9,15,17H,3-7,10H2,1-2H3. The van der Waals surface area contributed by atoms with Crippen molar-refractivity contribution in [3.05, 3.63) is 28.8 Å². The molecule has 1 aliphatic rings. The Morgan fingerprint density at radius 1 is 1.20 bits per heavy atom. The molecule has 0 spiro atoms. The third-order valence-corrected chi connectivity index (χ3v) is 5.26. The van der Waals surface area contributed by atoms with Crippen LogP contribution < -0.4 is 4.83 Å². The van der Waals surface area contributed by atoms with Crippen LogP contribution in [0.2, 0.25) is 0 Å². The van der Waals surface area contributed by atoms with Gasteiger partial charge in [0.1, 0.15) is 0 Å². The number of benzene rings is 1. The van der Waals surface area contributed by atoms with E-state index in [9.17, 15) is 13.5 Å². The summed E-state index contributed by atoms with van der Waals surface area (Å²) in [7, 11) is -3.58. The molecule has 1 fully saturated rings. The van der Waals surface area contributed by atoms with E-state index in [2.05, 4.69) is 4.83 Å². The van der Waals surface area contributed by atoms with Crippen molar-refractivity contribution in [1.29, 1.82) is 0 Å². The van der Waals surface area contributed by atoms with E-state index in [0.29, 0.717) is 5.56 Å². The number of nitrogens with one attached hydrogen (secondary N) is 1. The lowest BCUT2D eigenvalue weighted by Gasteiger charge is -2.27. The molecule has 20 heavy (non-hydrogen) atoms. The van der Waals surface area contributed by atoms with Crippen LogP contribution in [0.4, 0.5) is 0 Å². The lowest BCUT2D eigenvalue weighted by Crippen LogP contribution is -2.45. The lowest BCUT2D eigenvalue weighted by molar-refractivity contribution is 0.200. The van der Waals surface area contributed by atoms with Gasteiger partial charge in [0, 0.05) is 13.1 Å². The number of aliphatic hydroxyl groups excluding tert-OH is 1. The van der Waals surface area contributed by atoms with Gasteiger partial charge in [-0.05, 0) is 49.4 Å². The highest BCUT2D eigenvalue weighted by Crippen LogP contribution is 2.22. The van der Waals surface area contributed by atoms with E-state index in [-0.39, 0.29) is 11.5 Å². The fourth-order valence-electron chi connectivity index (χ4n) is 2.47. The molecule has 0 amide bonds. The van der Waals surface area contributed by atoms with Crippen LogP contribution >= 0.6 is 0 Å². The normalized spacial score (nSPS) is 17.4. The van der Waals surface area contributed by atoms with Crippen molar-refractivity contribution in [2.45, 2.75) is 44.6 Å². The Morgan fingerprint density at radius 3 is 2.45 bits per heavy atom. The van der Waals surface area contributed by atoms with Crippen LogP contribution in [0.5, 0.6) is 0 Å². The topological polar surface area (TPSA) is 69.6 Å². The number of hydrogen-bond donors (Lipinski definition) is 2. The van der Waals surface area contributed by atoms with Crippen LogP contribution in [0.15, 0.2) is 17.0 Å². The van der Waals surface area contributed by atoms with E-state index in [4.69, 9.17) is 0 Å². The second-order valence-electron chi connectivity index (χ2n) is 5.34. The Labute approximate surface area is 120 Å². The third kappa shape index (κ3) is 3.38. The number of piperidine rings is 1. The van der Waals surface area contributed by atoms with Crippen molar-refractivity contribution < 1.29 is 13.5 Å². The fourth-order valence-corrected chi connectivity index (χ4v) is 3.97. The number of hydrogen-bond acceptors (Lipinski definition) is 4. The summed E-state index contributed by atoms with van der Waals surface area (Å²) >= 11 is 0. The minimum atomic E-state index is -3.58. The molecular weight excluding hydrogens is 276 g/mol. The highest BCUT2D eigenvalue weighted by molar-refractivity contribution is 7.89. The van der Waals surface area contributed by atoms with E-state index in [1.54, 1.807) is 18.0 Å². The van der Waals surface area contributed by atoms with Crippen molar-refractivity contribution in [1.82, 2.24) is 9.84 Å². The first-order valence-corrected chi connectivity index (χ1v) is 8.41. The van der Waals surface area contributed by atoms with Gasteiger partial charge in [-0.15, -0.1) is 4.83 Å². The van der Waals surface area contributed by atoms with Gasteiger partial charge >= 0.3 is 0 Å². The van der Waals surface area contributed by atoms with Crippen molar-refractivity contribution >= 4 is 10.0 Å². The second-order valence-corrected chi connectivity index (χ2v) is 6.97. The SMILES string of the molecule is Cc1cc(CO)cc(S(=O)(=O)NN2CCCCC2)c1C. The molecule has 0 aromatic heterocycles. The summed E-state index contributed by atoms with van der Waals surface area (Å²) in [4.78, 5) is 2.91. The van der Waals surface area contributed by atoms with E-state index in [1.807, 2.05) is 13.0 Å². The average Bonchev–Trinajstić information content (AvgIpc) is 2.42. The molecule has 6 heteroatoms. The molecule has 0 radical (unpaired) electrons. The molecular formula is C14H22N2O3S. The van der Waals surface area contributed by atoms with E-state index < -0.39 is 10.0 Å². The number of aryl methyl sites for hydroxylation is 1. The van der Waals surface area contributed by atoms with Gasteiger partial charge in [0.25, 0.3) is 10.0 Å². The molecule has 1 saturated heterocycles. The third-order valence-electron chi connectivity index (χ3n) is 3.76. The quantitative estimate of drug-likeness (QED) is 0.883. The number of hydrazine groups is 1. The summed E-state index contributed by atoms with van der Waals surface area (Å²) in [6, 6.07) is 3.36. The molecule has 112 valence electrons. The predicted octanol–water partition coefficient (Wildman–Crippen LogP) is 1.47. The van der Waals surface area contributed by atoms with Crippen LogP contribution in [0.1, 0.15) is 36.0 Å². The van der Waals surface area contributed by atoms with Crippen molar-refractivity contribution in [2.24, 2.45) is 0 Å². The predicted molar refractivity (Wildman–Crippen MR) is 77.6 cm³/mol. The maximum Gasteiger partial charge on any atom is 0.253 e. The molecule has 2 N–H and O–H groups in total. The van der Waals surface area contributed by atoms with Crippen molar-refractivity contribution in [3.8, 4) is 0 Å². The van der Waals surface area contributed by atoms with E-state index >= 15 is 0 Å². The highest BCUT2D eigenvalue weighted by atomic mass is 32.2. The number of aliphatic hydroxyl groups is 1. The fraction of sp³-hybridized carbons (Fsp3) is 0.571. The molecule has 0 bridgehead atoms. The van der Waals surface area contributed by atoms with Crippen LogP contribution in [0, 0.1) is 13.8 Å². The summed E-state index contributed by atoms with van der Waals surface area (Å²) in [6.07, 6.45) is 3.17. The molecule has 1 aromatic rings. The number of nitrogens with zero attached hydrogens (tertiary/aromatic N) is 1. The van der Waals surface area contributed by atoms with Gasteiger partial charge in [-0.25, -0.2) is 13.4 Å². The highest BCUT2D eigenvalue weighted by Gasteiger charge is 2.22. The molecule has 0 unspecified atom stereocenters. The zero-order valence-electron chi connectivity index (χ0n) is 12.0. The number of sulfonamides is 1. The summed E-state index contributed by atoms with van der Waals surface area (Å²) in [5, 5.41) is 11.0. The monoisotopic (exact) mass is 298 g/mol. The van der Waals surface area contributed by atoms with E-state index in [0.717, 1.165) is 43.5 Å². The number of rotatable bonds is 4. The largest absolute Gasteiger partial charge is 0.392 e. The molecule has 0 aliphatic carbocycles. The van der Waals surface area contributed by atoms with Gasteiger partial charge in [0.15, 0.2) is 0 Å². The van der Waals surface area contributed by atoms with Crippen LogP contribution in [0.3, 0.4) is 0 Å². The molecule has 0 atom stereocenters. The Balaban J connectivity index is 2.30. The first kappa shape index (κ1) is 15.4. The van der Waals surface area contributed by atoms with Gasteiger partial charge in [-0.3, -0.25) is 0 Å². The van der Waals surface area contributed by atoms with Gasteiger partial charge in [0.05, 0.1) is 11.5 Å². The molecule has 5 nitrogen and oxygen atoms in total. The second kappa shape index (κ2) is 6.22. The first-order valence-electron chi connectivity index (χ1n) is 6.92. The Hall–Kier alpha value is -0.950. The Morgan fingerprint density at radius 2 is 1.85 bits per heavy atom. The Bertz CT molecular complexity index is 578. The van der Waals surface area contributed by atoms with Gasteiger partial charge in [-0.1, -0.05) is 12.5 Å². The maximum atomic E-state index is 12.5. The molecule has 1 heterocycles. The molecule has 2 rings (SSSR count). The minimum Gasteiger partial charge on any atom is -0.392 e. The van der Waals surface area contributed by atoms with E-state index in [1.165, 1.54) is 0 Å². The zero-order valence-corrected chi connectivity index (χ0v) is 12.8. The molecule has 1 aromatic carbocycles. The first-order chi connectivity index (χ1) is 9.44. The van der Waals surface area contributed by atoms with Gasteiger partial charge in [0.2, 0.25) is 0 Å².